The van der Waals surface area contributed by atoms with Crippen LogP contribution in [0.5, 0.6) is 0 Å². The van der Waals surface area contributed by atoms with Crippen molar-refractivity contribution in [2.75, 3.05) is 11.1 Å². The Labute approximate surface area is 166 Å². The number of nitrogens with one attached hydrogen (secondary N) is 1. The fraction of sp³-hybridized carbons (Fsp3) is 0.353. The van der Waals surface area contributed by atoms with Crippen LogP contribution in [0, 0.1) is 0 Å². The van der Waals surface area contributed by atoms with Gasteiger partial charge in [0.25, 0.3) is 0 Å². The molecule has 3 aromatic rings. The molecule has 2 unspecified atom stereocenters. The topological polar surface area (TPSA) is 64.9 Å². The molecule has 3 heterocycles. The molecule has 1 aliphatic heterocycles. The van der Waals surface area contributed by atoms with Gasteiger partial charge in [0, 0.05) is 17.3 Å². The Morgan fingerprint density at radius 1 is 1.23 bits per heavy atom. The van der Waals surface area contributed by atoms with E-state index in [1.54, 1.807) is 10.9 Å². The zero-order chi connectivity index (χ0) is 18.1. The smallest absolute Gasteiger partial charge is 0.226 e. The van der Waals surface area contributed by atoms with Gasteiger partial charge in [-0.25, -0.2) is 4.68 Å². The largest absolute Gasteiger partial charge is 0.365 e. The summed E-state index contributed by atoms with van der Waals surface area (Å²) in [6.07, 6.45) is 3.53. The highest BCUT2D eigenvalue weighted by molar-refractivity contribution is 7.80. The van der Waals surface area contributed by atoms with Gasteiger partial charge in [-0.3, -0.25) is 0 Å². The van der Waals surface area contributed by atoms with Crippen molar-refractivity contribution in [3.8, 4) is 0 Å². The van der Waals surface area contributed by atoms with E-state index >= 15 is 0 Å². The number of benzene rings is 1. The van der Waals surface area contributed by atoms with E-state index in [0.717, 1.165) is 23.8 Å². The Hall–Kier alpha value is -1.54. The summed E-state index contributed by atoms with van der Waals surface area (Å²) in [5.41, 5.74) is 1.62. The maximum Gasteiger partial charge on any atom is 0.226 e. The van der Waals surface area contributed by atoms with E-state index in [4.69, 9.17) is 27.9 Å². The van der Waals surface area contributed by atoms with Gasteiger partial charge in [-0.1, -0.05) is 29.8 Å². The lowest BCUT2D eigenvalue weighted by atomic mass is 10.2. The van der Waals surface area contributed by atoms with Crippen LogP contribution in [-0.4, -0.2) is 31.6 Å². The van der Waals surface area contributed by atoms with Crippen LogP contribution in [0.15, 0.2) is 30.5 Å². The van der Waals surface area contributed by atoms with E-state index < -0.39 is 0 Å². The number of thiol groups is 1. The number of fused-ring (bicyclic) bond motifs is 1. The first-order chi connectivity index (χ1) is 12.7. The molecule has 136 valence electrons. The van der Waals surface area contributed by atoms with Crippen molar-refractivity contribution in [2.24, 2.45) is 0 Å². The molecule has 2 atom stereocenters. The predicted octanol–water partition coefficient (Wildman–Crippen LogP) is 4.35. The van der Waals surface area contributed by atoms with Crippen LogP contribution in [0.3, 0.4) is 0 Å². The average molecular weight is 410 g/mol. The third kappa shape index (κ3) is 3.49. The first kappa shape index (κ1) is 17.9. The Morgan fingerprint density at radius 3 is 2.85 bits per heavy atom. The molecule has 26 heavy (non-hydrogen) atoms. The van der Waals surface area contributed by atoms with Crippen molar-refractivity contribution in [3.63, 3.8) is 0 Å². The Morgan fingerprint density at radius 2 is 2.08 bits per heavy atom. The number of rotatable bonds is 5. The molecular formula is C17H17Cl2N5OS. The molecule has 0 bridgehead atoms. The molecule has 1 saturated heterocycles. The van der Waals surface area contributed by atoms with Crippen LogP contribution in [0.25, 0.3) is 11.0 Å². The van der Waals surface area contributed by atoms with Crippen molar-refractivity contribution in [2.45, 2.75) is 31.7 Å². The highest BCUT2D eigenvalue weighted by Gasteiger charge is 2.28. The lowest BCUT2D eigenvalue weighted by Gasteiger charge is -2.14. The summed E-state index contributed by atoms with van der Waals surface area (Å²) in [5.74, 6) is 1.31. The van der Waals surface area contributed by atoms with Gasteiger partial charge in [-0.05, 0) is 36.1 Å². The minimum Gasteiger partial charge on any atom is -0.365 e. The fourth-order valence-corrected chi connectivity index (χ4v) is 3.70. The zero-order valence-corrected chi connectivity index (χ0v) is 16.2. The molecule has 0 radical (unpaired) electrons. The molecule has 0 saturated carbocycles. The summed E-state index contributed by atoms with van der Waals surface area (Å²) in [5, 5.41) is 9.39. The van der Waals surface area contributed by atoms with Crippen LogP contribution in [0.4, 0.5) is 5.82 Å². The van der Waals surface area contributed by atoms with Gasteiger partial charge in [0.1, 0.15) is 5.82 Å². The van der Waals surface area contributed by atoms with Crippen LogP contribution in [-0.2, 0) is 11.3 Å². The maximum atomic E-state index is 6.22. The van der Waals surface area contributed by atoms with Crippen molar-refractivity contribution in [3.05, 3.63) is 46.3 Å². The molecular weight excluding hydrogens is 393 g/mol. The second-order valence-corrected chi connectivity index (χ2v) is 7.20. The SMILES string of the molecule is SCC1CCC(n2ncc3c(NCc4ccccc4Cl)nc(Cl)nc32)O1. The second-order valence-electron chi connectivity index (χ2n) is 6.09. The van der Waals surface area contributed by atoms with Crippen LogP contribution in [0.2, 0.25) is 10.3 Å². The summed E-state index contributed by atoms with van der Waals surface area (Å²) in [6, 6.07) is 7.66. The molecule has 9 heteroatoms. The van der Waals surface area contributed by atoms with Crippen molar-refractivity contribution in [1.29, 1.82) is 0 Å². The van der Waals surface area contributed by atoms with Gasteiger partial charge in [-0.2, -0.15) is 27.7 Å². The van der Waals surface area contributed by atoms with Crippen molar-refractivity contribution < 1.29 is 4.74 Å². The highest BCUT2D eigenvalue weighted by atomic mass is 35.5. The summed E-state index contributed by atoms with van der Waals surface area (Å²) in [4.78, 5) is 8.66. The molecule has 0 amide bonds. The van der Waals surface area contributed by atoms with Gasteiger partial charge in [0.15, 0.2) is 11.9 Å². The molecule has 0 aliphatic carbocycles. The maximum absolute atomic E-state index is 6.22. The molecule has 6 nitrogen and oxygen atoms in total. The van der Waals surface area contributed by atoms with Crippen molar-refractivity contribution >= 4 is 52.7 Å². The van der Waals surface area contributed by atoms with E-state index in [-0.39, 0.29) is 17.6 Å². The summed E-state index contributed by atoms with van der Waals surface area (Å²) in [6.45, 7) is 0.523. The number of nitrogens with zero attached hydrogens (tertiary/aromatic N) is 4. The summed E-state index contributed by atoms with van der Waals surface area (Å²) in [7, 11) is 0. The first-order valence-corrected chi connectivity index (χ1v) is 9.69. The van der Waals surface area contributed by atoms with Crippen LogP contribution < -0.4 is 5.32 Å². The zero-order valence-electron chi connectivity index (χ0n) is 13.8. The van der Waals surface area contributed by atoms with Gasteiger partial charge in [0.05, 0.1) is 17.7 Å². The Bertz CT molecular complexity index is 935. The lowest BCUT2D eigenvalue weighted by molar-refractivity contribution is 0.00799. The minimum absolute atomic E-state index is 0.137. The lowest BCUT2D eigenvalue weighted by Crippen LogP contribution is -2.14. The normalized spacial score (nSPS) is 20.0. The van der Waals surface area contributed by atoms with Gasteiger partial charge >= 0.3 is 0 Å². The second kappa shape index (κ2) is 7.60. The molecule has 1 fully saturated rings. The molecule has 1 N–H and O–H groups in total. The third-order valence-corrected chi connectivity index (χ3v) is 5.34. The Kier molecular flexibility index (Phi) is 5.22. The number of halogens is 2. The van der Waals surface area contributed by atoms with Crippen LogP contribution in [0.1, 0.15) is 24.6 Å². The first-order valence-electron chi connectivity index (χ1n) is 8.30. The Balaban J connectivity index is 1.63. The monoisotopic (exact) mass is 409 g/mol. The molecule has 0 spiro atoms. The van der Waals surface area contributed by atoms with E-state index in [0.29, 0.717) is 28.8 Å². The van der Waals surface area contributed by atoms with Gasteiger partial charge in [0.2, 0.25) is 5.28 Å². The quantitative estimate of drug-likeness (QED) is 0.484. The molecule has 4 rings (SSSR count). The number of ether oxygens (including phenoxy) is 1. The standard InChI is InChI=1S/C17H17Cl2N5OS/c18-13-4-2-1-3-10(13)7-20-15-12-8-21-24(16(12)23-17(19)22-15)14-6-5-11(9-26)25-14/h1-4,8,11,14,26H,5-7,9H2,(H,20,22,23). The average Bonchev–Trinajstić information content (AvgIpc) is 3.27. The fourth-order valence-electron chi connectivity index (χ4n) is 3.07. The van der Waals surface area contributed by atoms with E-state index in [1.807, 2.05) is 24.3 Å². The number of anilines is 1. The number of hydrogen-bond acceptors (Lipinski definition) is 6. The summed E-state index contributed by atoms with van der Waals surface area (Å²) < 4.78 is 7.74. The molecule has 1 aromatic carbocycles. The van der Waals surface area contributed by atoms with Gasteiger partial charge in [-0.15, -0.1) is 0 Å². The third-order valence-electron chi connectivity index (χ3n) is 4.39. The number of aromatic nitrogens is 4. The van der Waals surface area contributed by atoms with Crippen molar-refractivity contribution in [1.82, 2.24) is 19.7 Å². The van der Waals surface area contributed by atoms with E-state index in [9.17, 15) is 0 Å². The predicted molar refractivity (Wildman–Crippen MR) is 106 cm³/mol. The number of hydrogen-bond donors (Lipinski definition) is 2. The highest BCUT2D eigenvalue weighted by Crippen LogP contribution is 2.32. The van der Waals surface area contributed by atoms with E-state index in [1.165, 1.54) is 0 Å². The minimum atomic E-state index is -0.160. The summed E-state index contributed by atoms with van der Waals surface area (Å²) >= 11 is 16.7. The molecule has 2 aromatic heterocycles. The molecule has 1 aliphatic rings. The van der Waals surface area contributed by atoms with Crippen LogP contribution >= 0.6 is 35.8 Å². The van der Waals surface area contributed by atoms with Gasteiger partial charge < -0.3 is 10.1 Å². The van der Waals surface area contributed by atoms with E-state index in [2.05, 4.69) is 33.0 Å².